The first-order valence-electron chi connectivity index (χ1n) is 8.30. The van der Waals surface area contributed by atoms with Crippen LogP contribution in [0.25, 0.3) is 10.9 Å². The second kappa shape index (κ2) is 7.07. The van der Waals surface area contributed by atoms with Gasteiger partial charge < -0.3 is 19.9 Å². The van der Waals surface area contributed by atoms with Crippen molar-refractivity contribution < 1.29 is 9.53 Å². The van der Waals surface area contributed by atoms with Crippen molar-refractivity contribution in [1.29, 1.82) is 0 Å². The summed E-state index contributed by atoms with van der Waals surface area (Å²) in [7, 11) is 1.68. The lowest BCUT2D eigenvalue weighted by Crippen LogP contribution is -2.45. The van der Waals surface area contributed by atoms with E-state index >= 15 is 0 Å². The molecule has 130 valence electrons. The Morgan fingerprint density at radius 1 is 1.46 bits per heavy atom. The van der Waals surface area contributed by atoms with Gasteiger partial charge in [-0.25, -0.2) is 0 Å². The average molecular weight is 347 g/mol. The summed E-state index contributed by atoms with van der Waals surface area (Å²) in [5.41, 5.74) is 2.35. The van der Waals surface area contributed by atoms with Gasteiger partial charge in [-0.2, -0.15) is 0 Å². The number of carbonyl (C=O) groups excluding carboxylic acids is 1. The number of benzene rings is 1. The summed E-state index contributed by atoms with van der Waals surface area (Å²) in [4.78, 5) is 17.5. The smallest absolute Gasteiger partial charge is 0.237 e. The molecule has 0 unspecified atom stereocenters. The van der Waals surface area contributed by atoms with Crippen molar-refractivity contribution in [3.05, 3.63) is 30.0 Å². The number of carbonyl (C=O) groups is 1. The van der Waals surface area contributed by atoms with Crippen molar-refractivity contribution in [2.45, 2.75) is 25.1 Å². The van der Waals surface area contributed by atoms with E-state index in [9.17, 15) is 4.79 Å². The summed E-state index contributed by atoms with van der Waals surface area (Å²) in [5.74, 6) is 2.07. The summed E-state index contributed by atoms with van der Waals surface area (Å²) in [6.45, 7) is 6.25. The Hall–Kier alpha value is -1.66. The van der Waals surface area contributed by atoms with Crippen LogP contribution in [0.1, 0.15) is 19.4 Å². The lowest BCUT2D eigenvalue weighted by atomic mass is 10.1. The molecule has 5 nitrogen and oxygen atoms in total. The van der Waals surface area contributed by atoms with Crippen molar-refractivity contribution in [2.24, 2.45) is 0 Å². The van der Waals surface area contributed by atoms with Crippen LogP contribution in [0.5, 0.6) is 5.75 Å². The van der Waals surface area contributed by atoms with Crippen LogP contribution in [0.2, 0.25) is 0 Å². The van der Waals surface area contributed by atoms with Crippen molar-refractivity contribution >= 4 is 28.6 Å². The molecule has 24 heavy (non-hydrogen) atoms. The highest BCUT2D eigenvalue weighted by Crippen LogP contribution is 2.34. The van der Waals surface area contributed by atoms with Crippen LogP contribution in [0.15, 0.2) is 24.4 Å². The van der Waals surface area contributed by atoms with E-state index in [1.165, 1.54) is 10.9 Å². The van der Waals surface area contributed by atoms with Gasteiger partial charge in [0, 0.05) is 29.4 Å². The number of aromatic amines is 1. The Bertz CT molecular complexity index is 726. The van der Waals surface area contributed by atoms with Gasteiger partial charge in [-0.15, -0.1) is 11.8 Å². The van der Waals surface area contributed by atoms with E-state index in [1.807, 2.05) is 35.0 Å². The third-order valence-corrected chi connectivity index (χ3v) is 5.86. The summed E-state index contributed by atoms with van der Waals surface area (Å²) in [6.07, 6.45) is 2.91. The van der Waals surface area contributed by atoms with E-state index in [-0.39, 0.29) is 10.8 Å². The fraction of sp³-hybridized carbons (Fsp3) is 0.500. The molecule has 0 radical (unpaired) electrons. The minimum absolute atomic E-state index is 0.0772. The maximum atomic E-state index is 12.3. The van der Waals surface area contributed by atoms with Crippen LogP contribution >= 0.6 is 11.8 Å². The van der Waals surface area contributed by atoms with Gasteiger partial charge in [-0.05, 0) is 50.6 Å². The molecule has 2 aromatic rings. The van der Waals surface area contributed by atoms with E-state index in [1.54, 1.807) is 7.11 Å². The number of hydrogen-bond acceptors (Lipinski definition) is 4. The zero-order valence-corrected chi connectivity index (χ0v) is 15.3. The number of rotatable bonds is 6. The molecule has 2 heterocycles. The maximum absolute atomic E-state index is 12.3. The Morgan fingerprint density at radius 2 is 2.29 bits per heavy atom. The summed E-state index contributed by atoms with van der Waals surface area (Å²) >= 11 is 1.84. The van der Waals surface area contributed by atoms with Gasteiger partial charge in [-0.1, -0.05) is 0 Å². The van der Waals surface area contributed by atoms with Crippen LogP contribution in [-0.2, 0) is 11.2 Å². The summed E-state index contributed by atoms with van der Waals surface area (Å²) in [5, 5.41) is 4.47. The zero-order chi connectivity index (χ0) is 17.2. The van der Waals surface area contributed by atoms with Crippen molar-refractivity contribution in [1.82, 2.24) is 15.2 Å². The molecule has 1 aromatic heterocycles. The highest BCUT2D eigenvalue weighted by atomic mass is 32.2. The molecule has 6 heteroatoms. The zero-order valence-electron chi connectivity index (χ0n) is 14.5. The molecule has 1 amide bonds. The fourth-order valence-corrected chi connectivity index (χ4v) is 4.29. The van der Waals surface area contributed by atoms with Crippen LogP contribution in [0.4, 0.5) is 0 Å². The molecule has 0 spiro atoms. The highest BCUT2D eigenvalue weighted by Gasteiger charge is 2.35. The third kappa shape index (κ3) is 3.54. The molecule has 0 aliphatic carbocycles. The second-order valence-electron chi connectivity index (χ2n) is 6.49. The highest BCUT2D eigenvalue weighted by molar-refractivity contribution is 8.00. The molecule has 1 saturated heterocycles. The Balaban J connectivity index is 1.53. The Morgan fingerprint density at radius 3 is 3.00 bits per heavy atom. The first-order valence-corrected chi connectivity index (χ1v) is 9.29. The van der Waals surface area contributed by atoms with E-state index < -0.39 is 0 Å². The molecule has 0 saturated carbocycles. The maximum Gasteiger partial charge on any atom is 0.237 e. The molecule has 1 fully saturated rings. The van der Waals surface area contributed by atoms with Gasteiger partial charge in [0.15, 0.2) is 0 Å². The molecular weight excluding hydrogens is 322 g/mol. The molecule has 0 atom stereocenters. The SMILES string of the molecule is COc1ccc2[nH]cc(CCNCC(=O)N3CCSC3(C)C)c2c1. The van der Waals surface area contributed by atoms with E-state index in [2.05, 4.69) is 30.2 Å². The van der Waals surface area contributed by atoms with E-state index in [4.69, 9.17) is 4.74 Å². The average Bonchev–Trinajstić information content (AvgIpc) is 3.13. The molecule has 0 bridgehead atoms. The van der Waals surface area contributed by atoms with Gasteiger partial charge in [-0.3, -0.25) is 4.79 Å². The monoisotopic (exact) mass is 347 g/mol. The minimum Gasteiger partial charge on any atom is -0.497 e. The number of thioether (sulfide) groups is 1. The number of fused-ring (bicyclic) bond motifs is 1. The van der Waals surface area contributed by atoms with Crippen molar-refractivity contribution in [2.75, 3.05) is 32.5 Å². The predicted molar refractivity (Wildman–Crippen MR) is 99.7 cm³/mol. The number of hydrogen-bond donors (Lipinski definition) is 2. The number of ether oxygens (including phenoxy) is 1. The van der Waals surface area contributed by atoms with Crippen molar-refractivity contribution in [3.8, 4) is 5.75 Å². The number of amides is 1. The van der Waals surface area contributed by atoms with Gasteiger partial charge in [0.2, 0.25) is 5.91 Å². The lowest BCUT2D eigenvalue weighted by molar-refractivity contribution is -0.131. The van der Waals surface area contributed by atoms with E-state index in [0.29, 0.717) is 6.54 Å². The number of methoxy groups -OCH3 is 1. The van der Waals surface area contributed by atoms with Gasteiger partial charge >= 0.3 is 0 Å². The lowest BCUT2D eigenvalue weighted by Gasteiger charge is -2.30. The number of nitrogens with zero attached hydrogens (tertiary/aromatic N) is 1. The molecule has 1 aromatic carbocycles. The van der Waals surface area contributed by atoms with Crippen LogP contribution in [-0.4, -0.2) is 53.2 Å². The number of H-pyrrole nitrogens is 1. The topological polar surface area (TPSA) is 57.4 Å². The third-order valence-electron chi connectivity index (χ3n) is 4.54. The molecule has 1 aliphatic rings. The van der Waals surface area contributed by atoms with Crippen LogP contribution < -0.4 is 10.1 Å². The Labute approximate surface area is 147 Å². The summed E-state index contributed by atoms with van der Waals surface area (Å²) < 4.78 is 5.30. The summed E-state index contributed by atoms with van der Waals surface area (Å²) in [6, 6.07) is 6.04. The minimum atomic E-state index is -0.0772. The largest absolute Gasteiger partial charge is 0.497 e. The van der Waals surface area contributed by atoms with Crippen LogP contribution in [0.3, 0.4) is 0 Å². The standard InChI is InChI=1S/C18H25N3O2S/c1-18(2)21(8-9-24-18)17(22)12-19-7-6-13-11-20-16-5-4-14(23-3)10-15(13)16/h4-5,10-11,19-20H,6-9,12H2,1-3H3. The molecular formula is C18H25N3O2S. The number of aromatic nitrogens is 1. The first kappa shape index (κ1) is 17.2. The molecule has 2 N–H and O–H groups in total. The van der Waals surface area contributed by atoms with Gasteiger partial charge in [0.1, 0.15) is 5.75 Å². The fourth-order valence-electron chi connectivity index (χ4n) is 3.16. The van der Waals surface area contributed by atoms with Gasteiger partial charge in [0.05, 0.1) is 18.5 Å². The van der Waals surface area contributed by atoms with Crippen molar-refractivity contribution in [3.63, 3.8) is 0 Å². The number of nitrogens with one attached hydrogen (secondary N) is 2. The first-order chi connectivity index (χ1) is 11.5. The quantitative estimate of drug-likeness (QED) is 0.789. The second-order valence-corrected chi connectivity index (χ2v) is 8.19. The Kier molecular flexibility index (Phi) is 5.06. The van der Waals surface area contributed by atoms with E-state index in [0.717, 1.165) is 36.5 Å². The predicted octanol–water partition coefficient (Wildman–Crippen LogP) is 2.62. The van der Waals surface area contributed by atoms with Crippen LogP contribution in [0, 0.1) is 0 Å². The molecule has 3 rings (SSSR count). The normalized spacial score (nSPS) is 16.7. The molecule has 1 aliphatic heterocycles. The van der Waals surface area contributed by atoms with Gasteiger partial charge in [0.25, 0.3) is 0 Å².